The molecule has 2 saturated heterocycles. The van der Waals surface area contributed by atoms with E-state index in [1.165, 1.54) is 23.9 Å². The van der Waals surface area contributed by atoms with Gasteiger partial charge in [0.1, 0.15) is 0 Å². The maximum absolute atomic E-state index is 5.90. The highest BCUT2D eigenvalue weighted by Crippen LogP contribution is 2.33. The third-order valence-electron chi connectivity index (χ3n) is 4.13. The van der Waals surface area contributed by atoms with Crippen molar-refractivity contribution in [1.29, 1.82) is 0 Å². The van der Waals surface area contributed by atoms with Crippen molar-refractivity contribution in [2.45, 2.75) is 25.0 Å². The summed E-state index contributed by atoms with van der Waals surface area (Å²) in [5.41, 5.74) is 8.82. The van der Waals surface area contributed by atoms with Crippen LogP contribution in [0.2, 0.25) is 0 Å². The second kappa shape index (κ2) is 4.10. The molecule has 1 aromatic heterocycles. The van der Waals surface area contributed by atoms with Crippen LogP contribution in [0.4, 0.5) is 11.4 Å². The smallest absolute Gasteiger partial charge is 0.0755 e. The molecule has 0 spiro atoms. The van der Waals surface area contributed by atoms with E-state index in [1.807, 2.05) is 18.3 Å². The summed E-state index contributed by atoms with van der Waals surface area (Å²) in [5, 5.41) is 1.18. The highest BCUT2D eigenvalue weighted by atomic mass is 16.5. The van der Waals surface area contributed by atoms with Gasteiger partial charge in [0.25, 0.3) is 0 Å². The van der Waals surface area contributed by atoms with Gasteiger partial charge in [-0.25, -0.2) is 0 Å². The third-order valence-corrected chi connectivity index (χ3v) is 4.13. The maximum Gasteiger partial charge on any atom is 0.0755 e. The molecule has 4 nitrogen and oxygen atoms in total. The van der Waals surface area contributed by atoms with Gasteiger partial charge < -0.3 is 15.4 Å². The summed E-state index contributed by atoms with van der Waals surface area (Å²) in [6, 6.07) is 8.06. The van der Waals surface area contributed by atoms with Gasteiger partial charge in [0, 0.05) is 36.0 Å². The minimum atomic E-state index is 0.399. The summed E-state index contributed by atoms with van der Waals surface area (Å²) < 4.78 is 5.90. The Balaban J connectivity index is 1.78. The number of rotatable bonds is 1. The van der Waals surface area contributed by atoms with Crippen molar-refractivity contribution in [3.05, 3.63) is 30.5 Å². The molecule has 0 saturated carbocycles. The predicted molar refractivity (Wildman–Crippen MR) is 76.3 cm³/mol. The van der Waals surface area contributed by atoms with Crippen molar-refractivity contribution in [3.63, 3.8) is 0 Å². The van der Waals surface area contributed by atoms with Crippen LogP contribution >= 0.6 is 0 Å². The number of hydrogen-bond acceptors (Lipinski definition) is 4. The van der Waals surface area contributed by atoms with E-state index >= 15 is 0 Å². The zero-order valence-corrected chi connectivity index (χ0v) is 10.7. The molecule has 0 aliphatic carbocycles. The first-order chi connectivity index (χ1) is 9.29. The molecule has 4 heteroatoms. The topological polar surface area (TPSA) is 51.4 Å². The second-order valence-electron chi connectivity index (χ2n) is 5.47. The lowest BCUT2D eigenvalue weighted by Gasteiger charge is -2.34. The van der Waals surface area contributed by atoms with Gasteiger partial charge in [-0.15, -0.1) is 0 Å². The Morgan fingerprint density at radius 1 is 1.16 bits per heavy atom. The molecule has 3 heterocycles. The molecule has 2 aliphatic heterocycles. The Labute approximate surface area is 112 Å². The number of aromatic nitrogens is 1. The van der Waals surface area contributed by atoms with E-state index in [9.17, 15) is 0 Å². The Bertz CT molecular complexity index is 616. The molecule has 1 aromatic carbocycles. The van der Waals surface area contributed by atoms with Crippen molar-refractivity contribution in [1.82, 2.24) is 4.98 Å². The minimum Gasteiger partial charge on any atom is -0.399 e. The van der Waals surface area contributed by atoms with Crippen LogP contribution in [0.1, 0.15) is 12.8 Å². The van der Waals surface area contributed by atoms with E-state index in [2.05, 4.69) is 22.0 Å². The van der Waals surface area contributed by atoms with Crippen molar-refractivity contribution in [2.24, 2.45) is 0 Å². The van der Waals surface area contributed by atoms with Crippen molar-refractivity contribution in [3.8, 4) is 0 Å². The molecule has 0 radical (unpaired) electrons. The van der Waals surface area contributed by atoms with Crippen LogP contribution in [0.15, 0.2) is 30.5 Å². The molecule has 2 aliphatic rings. The van der Waals surface area contributed by atoms with Gasteiger partial charge in [0.15, 0.2) is 0 Å². The zero-order valence-electron chi connectivity index (χ0n) is 10.7. The van der Waals surface area contributed by atoms with Gasteiger partial charge in [-0.3, -0.25) is 4.98 Å². The number of ether oxygens (including phenoxy) is 1. The van der Waals surface area contributed by atoms with Gasteiger partial charge in [-0.2, -0.15) is 0 Å². The quantitative estimate of drug-likeness (QED) is 0.794. The number of nitrogens with zero attached hydrogens (tertiary/aromatic N) is 2. The van der Waals surface area contributed by atoms with E-state index in [1.54, 1.807) is 0 Å². The standard InChI is InChI=1S/C15H17N3O/c16-10-1-4-13-14(7-10)17-6-5-15(13)18-8-11-2-3-12(9-18)19-11/h1,4-7,11-12H,2-3,8-9,16H2. The lowest BCUT2D eigenvalue weighted by atomic mass is 10.1. The van der Waals surface area contributed by atoms with Crippen molar-refractivity contribution in [2.75, 3.05) is 23.7 Å². The first-order valence-electron chi connectivity index (χ1n) is 6.84. The lowest BCUT2D eigenvalue weighted by Crippen LogP contribution is -2.42. The summed E-state index contributed by atoms with van der Waals surface area (Å²) in [7, 11) is 0. The molecule has 2 aromatic rings. The van der Waals surface area contributed by atoms with Crippen LogP contribution in [0, 0.1) is 0 Å². The Morgan fingerprint density at radius 3 is 2.74 bits per heavy atom. The number of hydrogen-bond donors (Lipinski definition) is 1. The summed E-state index contributed by atoms with van der Waals surface area (Å²) in [5.74, 6) is 0. The van der Waals surface area contributed by atoms with E-state index in [0.717, 1.165) is 24.3 Å². The van der Waals surface area contributed by atoms with Crippen LogP contribution in [-0.2, 0) is 4.74 Å². The molecule has 2 N–H and O–H groups in total. The SMILES string of the molecule is Nc1ccc2c(N3CC4CCC(C3)O4)ccnc2c1. The largest absolute Gasteiger partial charge is 0.399 e. The highest BCUT2D eigenvalue weighted by molar-refractivity contribution is 5.93. The van der Waals surface area contributed by atoms with E-state index in [-0.39, 0.29) is 0 Å². The average molecular weight is 255 g/mol. The molecule has 19 heavy (non-hydrogen) atoms. The molecule has 98 valence electrons. The number of anilines is 2. The van der Waals surface area contributed by atoms with Gasteiger partial charge in [0.05, 0.1) is 17.7 Å². The lowest BCUT2D eigenvalue weighted by molar-refractivity contribution is 0.0306. The predicted octanol–water partition coefficient (Wildman–Crippen LogP) is 2.18. The number of morpholine rings is 1. The van der Waals surface area contributed by atoms with E-state index in [4.69, 9.17) is 10.5 Å². The van der Waals surface area contributed by atoms with Gasteiger partial charge in [-0.05, 0) is 37.1 Å². The first-order valence-corrected chi connectivity index (χ1v) is 6.84. The van der Waals surface area contributed by atoms with Gasteiger partial charge in [0.2, 0.25) is 0 Å². The Kier molecular flexibility index (Phi) is 2.38. The number of benzene rings is 1. The van der Waals surface area contributed by atoms with Crippen LogP contribution in [0.3, 0.4) is 0 Å². The van der Waals surface area contributed by atoms with Gasteiger partial charge >= 0.3 is 0 Å². The Morgan fingerprint density at radius 2 is 1.95 bits per heavy atom. The molecular formula is C15H17N3O. The number of nitrogens with two attached hydrogens (primary N) is 1. The fourth-order valence-corrected chi connectivity index (χ4v) is 3.24. The molecule has 0 amide bonds. The van der Waals surface area contributed by atoms with E-state index < -0.39 is 0 Å². The van der Waals surface area contributed by atoms with Crippen LogP contribution < -0.4 is 10.6 Å². The zero-order chi connectivity index (χ0) is 12.8. The number of nitrogen functional groups attached to an aromatic ring is 1. The fraction of sp³-hybridized carbons (Fsp3) is 0.400. The summed E-state index contributed by atoms with van der Waals surface area (Å²) in [4.78, 5) is 6.85. The summed E-state index contributed by atoms with van der Waals surface area (Å²) >= 11 is 0. The summed E-state index contributed by atoms with van der Waals surface area (Å²) in [6.45, 7) is 1.97. The first kappa shape index (κ1) is 11.1. The minimum absolute atomic E-state index is 0.399. The van der Waals surface area contributed by atoms with Crippen molar-refractivity contribution >= 4 is 22.3 Å². The average Bonchev–Trinajstić information content (AvgIpc) is 2.76. The van der Waals surface area contributed by atoms with Crippen LogP contribution in [0.25, 0.3) is 10.9 Å². The normalized spacial score (nSPS) is 26.0. The molecular weight excluding hydrogens is 238 g/mol. The number of fused-ring (bicyclic) bond motifs is 3. The third kappa shape index (κ3) is 1.83. The fourth-order valence-electron chi connectivity index (χ4n) is 3.24. The maximum atomic E-state index is 5.90. The second-order valence-corrected chi connectivity index (χ2v) is 5.47. The van der Waals surface area contributed by atoms with E-state index in [0.29, 0.717) is 12.2 Å². The molecule has 2 fully saturated rings. The number of pyridine rings is 1. The van der Waals surface area contributed by atoms with Gasteiger partial charge in [-0.1, -0.05) is 0 Å². The molecule has 2 atom stereocenters. The summed E-state index contributed by atoms with van der Waals surface area (Å²) in [6.07, 6.45) is 5.05. The molecule has 2 bridgehead atoms. The Hall–Kier alpha value is -1.81. The van der Waals surface area contributed by atoms with Crippen LogP contribution in [-0.4, -0.2) is 30.3 Å². The van der Waals surface area contributed by atoms with Crippen molar-refractivity contribution < 1.29 is 4.74 Å². The van der Waals surface area contributed by atoms with Crippen LogP contribution in [0.5, 0.6) is 0 Å². The molecule has 2 unspecified atom stereocenters. The molecule has 4 rings (SSSR count). The monoisotopic (exact) mass is 255 g/mol. The highest BCUT2D eigenvalue weighted by Gasteiger charge is 2.34.